The summed E-state index contributed by atoms with van der Waals surface area (Å²) in [5, 5.41) is 1.33. The summed E-state index contributed by atoms with van der Waals surface area (Å²) in [4.78, 5) is 26.1. The number of nitrogens with zero attached hydrogens (tertiary/aromatic N) is 2. The van der Waals surface area contributed by atoms with Gasteiger partial charge in [0.15, 0.2) is 0 Å². The monoisotopic (exact) mass is 290 g/mol. The Morgan fingerprint density at radius 2 is 1.90 bits per heavy atom. The van der Waals surface area contributed by atoms with Crippen LogP contribution in [0.1, 0.15) is 34.9 Å². The molecule has 1 aromatic carbocycles. The predicted molar refractivity (Wildman–Crippen MR) is 78.4 cm³/mol. The van der Waals surface area contributed by atoms with Crippen LogP contribution in [0.2, 0.25) is 5.02 Å². The van der Waals surface area contributed by atoms with E-state index in [2.05, 4.69) is 0 Å². The quantitative estimate of drug-likeness (QED) is 0.809. The summed E-state index contributed by atoms with van der Waals surface area (Å²) in [5.41, 5.74) is 1.27. The van der Waals surface area contributed by atoms with Crippen molar-refractivity contribution >= 4 is 34.3 Å². The van der Waals surface area contributed by atoms with Crippen molar-refractivity contribution in [2.75, 3.05) is 13.1 Å². The Hall–Kier alpha value is -1.81. The number of carbonyl (C=O) groups is 2. The lowest BCUT2D eigenvalue weighted by Gasteiger charge is -2.14. The van der Waals surface area contributed by atoms with Crippen molar-refractivity contribution in [3.05, 3.63) is 35.0 Å². The van der Waals surface area contributed by atoms with Gasteiger partial charge < -0.3 is 4.90 Å². The van der Waals surface area contributed by atoms with Crippen molar-refractivity contribution in [3.8, 4) is 0 Å². The van der Waals surface area contributed by atoms with Crippen molar-refractivity contribution in [2.24, 2.45) is 0 Å². The first-order chi connectivity index (χ1) is 9.58. The second-order valence-electron chi connectivity index (χ2n) is 5.09. The fourth-order valence-corrected chi connectivity index (χ4v) is 2.89. The topological polar surface area (TPSA) is 42.3 Å². The maximum Gasteiger partial charge on any atom is 0.256 e. The van der Waals surface area contributed by atoms with E-state index in [1.54, 1.807) is 24.4 Å². The molecule has 104 valence electrons. The molecular weight excluding hydrogens is 276 g/mol. The normalized spacial score (nSPS) is 15.0. The van der Waals surface area contributed by atoms with E-state index >= 15 is 0 Å². The van der Waals surface area contributed by atoms with Crippen molar-refractivity contribution in [1.82, 2.24) is 9.47 Å². The second-order valence-corrected chi connectivity index (χ2v) is 5.53. The Kier molecular flexibility index (Phi) is 3.26. The minimum absolute atomic E-state index is 0.00479. The van der Waals surface area contributed by atoms with Gasteiger partial charge in [0.2, 0.25) is 5.91 Å². The molecule has 5 heteroatoms. The van der Waals surface area contributed by atoms with Crippen LogP contribution in [0.5, 0.6) is 0 Å². The molecule has 2 aromatic rings. The number of halogens is 1. The van der Waals surface area contributed by atoms with Gasteiger partial charge in [0, 0.05) is 36.6 Å². The average Bonchev–Trinajstić information content (AvgIpc) is 3.04. The zero-order chi connectivity index (χ0) is 14.3. The van der Waals surface area contributed by atoms with Crippen LogP contribution in [0, 0.1) is 0 Å². The van der Waals surface area contributed by atoms with Gasteiger partial charge in [-0.15, -0.1) is 0 Å². The number of fused-ring (bicyclic) bond motifs is 1. The van der Waals surface area contributed by atoms with Gasteiger partial charge in [0.25, 0.3) is 5.91 Å². The zero-order valence-corrected chi connectivity index (χ0v) is 12.0. The number of hydrogen-bond donors (Lipinski definition) is 0. The first kappa shape index (κ1) is 13.2. The van der Waals surface area contributed by atoms with Crippen LogP contribution in [0.15, 0.2) is 24.4 Å². The van der Waals surface area contributed by atoms with Crippen LogP contribution in [-0.2, 0) is 0 Å². The number of carbonyl (C=O) groups excluding carboxylic acids is 2. The molecule has 1 aliphatic heterocycles. The Morgan fingerprint density at radius 3 is 2.55 bits per heavy atom. The zero-order valence-electron chi connectivity index (χ0n) is 11.2. The van der Waals surface area contributed by atoms with E-state index < -0.39 is 0 Å². The predicted octanol–water partition coefficient (Wildman–Crippen LogP) is 3.19. The maximum atomic E-state index is 12.6. The lowest BCUT2D eigenvalue weighted by molar-refractivity contribution is 0.0794. The third kappa shape index (κ3) is 2.10. The number of amides is 1. The third-order valence-corrected chi connectivity index (χ3v) is 3.97. The summed E-state index contributed by atoms with van der Waals surface area (Å²) in [5.74, 6) is -0.132. The van der Waals surface area contributed by atoms with Crippen molar-refractivity contribution in [1.29, 1.82) is 0 Å². The van der Waals surface area contributed by atoms with Gasteiger partial charge in [-0.25, -0.2) is 0 Å². The molecule has 1 saturated heterocycles. The van der Waals surface area contributed by atoms with Crippen molar-refractivity contribution in [3.63, 3.8) is 0 Å². The summed E-state index contributed by atoms with van der Waals surface area (Å²) in [6.45, 7) is 3.06. The number of rotatable bonds is 1. The molecule has 3 rings (SSSR count). The molecule has 4 nitrogen and oxygen atoms in total. The van der Waals surface area contributed by atoms with E-state index in [4.69, 9.17) is 11.6 Å². The van der Waals surface area contributed by atoms with Crippen LogP contribution in [0.3, 0.4) is 0 Å². The SMILES string of the molecule is CC(=O)n1cc(C(=O)N2CCCC2)c2ccc(Cl)cc21. The molecule has 0 saturated carbocycles. The van der Waals surface area contributed by atoms with Crippen LogP contribution in [-0.4, -0.2) is 34.4 Å². The van der Waals surface area contributed by atoms with Gasteiger partial charge in [-0.2, -0.15) is 0 Å². The van der Waals surface area contributed by atoms with Gasteiger partial charge in [0.1, 0.15) is 0 Å². The maximum absolute atomic E-state index is 12.6. The minimum Gasteiger partial charge on any atom is -0.339 e. The van der Waals surface area contributed by atoms with Crippen LogP contribution >= 0.6 is 11.6 Å². The van der Waals surface area contributed by atoms with E-state index in [1.165, 1.54) is 11.5 Å². The molecular formula is C15H15ClN2O2. The molecule has 1 aliphatic rings. The van der Waals surface area contributed by atoms with Crippen LogP contribution < -0.4 is 0 Å². The molecule has 0 aliphatic carbocycles. The Labute approximate surface area is 121 Å². The Balaban J connectivity index is 2.15. The highest BCUT2D eigenvalue weighted by atomic mass is 35.5. The van der Waals surface area contributed by atoms with Crippen molar-refractivity contribution < 1.29 is 9.59 Å². The molecule has 1 fully saturated rings. The van der Waals surface area contributed by atoms with Gasteiger partial charge >= 0.3 is 0 Å². The number of aromatic nitrogens is 1. The van der Waals surface area contributed by atoms with Crippen molar-refractivity contribution in [2.45, 2.75) is 19.8 Å². The summed E-state index contributed by atoms with van der Waals surface area (Å²) >= 11 is 5.99. The first-order valence-corrected chi connectivity index (χ1v) is 7.06. The lowest BCUT2D eigenvalue weighted by Crippen LogP contribution is -2.27. The summed E-state index contributed by atoms with van der Waals surface area (Å²) in [6, 6.07) is 5.27. The summed E-state index contributed by atoms with van der Waals surface area (Å²) < 4.78 is 1.49. The molecule has 0 unspecified atom stereocenters. The molecule has 0 bridgehead atoms. The first-order valence-electron chi connectivity index (χ1n) is 6.69. The highest BCUT2D eigenvalue weighted by molar-refractivity contribution is 6.31. The molecule has 1 aromatic heterocycles. The summed E-state index contributed by atoms with van der Waals surface area (Å²) in [6.07, 6.45) is 3.72. The van der Waals surface area contributed by atoms with Crippen LogP contribution in [0.25, 0.3) is 10.9 Å². The second kappa shape index (κ2) is 4.94. The van der Waals surface area contributed by atoms with Crippen LogP contribution in [0.4, 0.5) is 0 Å². The summed E-state index contributed by atoms with van der Waals surface area (Å²) in [7, 11) is 0. The smallest absolute Gasteiger partial charge is 0.256 e. The van der Waals surface area contributed by atoms with E-state index in [0.29, 0.717) is 16.1 Å². The lowest BCUT2D eigenvalue weighted by atomic mass is 10.1. The standard InChI is InChI=1S/C15H15ClN2O2/c1-10(19)18-9-13(15(20)17-6-2-3-7-17)12-5-4-11(16)8-14(12)18/h4-5,8-9H,2-3,6-7H2,1H3. The molecule has 0 spiro atoms. The number of likely N-dealkylation sites (tertiary alicyclic amines) is 1. The Morgan fingerprint density at radius 1 is 1.20 bits per heavy atom. The van der Waals surface area contributed by atoms with E-state index in [9.17, 15) is 9.59 Å². The largest absolute Gasteiger partial charge is 0.339 e. The van der Waals surface area contributed by atoms with E-state index in [-0.39, 0.29) is 11.8 Å². The van der Waals surface area contributed by atoms with Gasteiger partial charge in [0.05, 0.1) is 11.1 Å². The molecule has 1 amide bonds. The Bertz CT molecular complexity index is 699. The average molecular weight is 291 g/mol. The fourth-order valence-electron chi connectivity index (χ4n) is 2.72. The fraction of sp³-hybridized carbons (Fsp3) is 0.333. The van der Waals surface area contributed by atoms with Gasteiger partial charge in [-0.3, -0.25) is 14.2 Å². The van der Waals surface area contributed by atoms with Gasteiger partial charge in [-0.1, -0.05) is 17.7 Å². The number of benzene rings is 1. The molecule has 0 radical (unpaired) electrons. The highest BCUT2D eigenvalue weighted by Crippen LogP contribution is 2.26. The van der Waals surface area contributed by atoms with E-state index in [1.807, 2.05) is 4.90 Å². The molecule has 2 heterocycles. The third-order valence-electron chi connectivity index (χ3n) is 3.73. The molecule has 20 heavy (non-hydrogen) atoms. The number of hydrogen-bond acceptors (Lipinski definition) is 2. The highest BCUT2D eigenvalue weighted by Gasteiger charge is 2.24. The minimum atomic E-state index is -0.127. The molecule has 0 N–H and O–H groups in total. The van der Waals surface area contributed by atoms with E-state index in [0.717, 1.165) is 31.3 Å². The van der Waals surface area contributed by atoms with Gasteiger partial charge in [-0.05, 0) is 25.0 Å². The molecule has 0 atom stereocenters.